The number of amides is 1. The molecule has 2 aliphatic heterocycles. The van der Waals surface area contributed by atoms with Gasteiger partial charge in [-0.1, -0.05) is 0 Å². The Labute approximate surface area is 167 Å². The number of carbonyl (C=O) groups is 1. The van der Waals surface area contributed by atoms with Crippen LogP contribution in [-0.2, 0) is 6.54 Å². The van der Waals surface area contributed by atoms with E-state index in [2.05, 4.69) is 15.0 Å². The zero-order valence-corrected chi connectivity index (χ0v) is 15.7. The van der Waals surface area contributed by atoms with Crippen LogP contribution in [0.4, 0.5) is 5.82 Å². The molecule has 0 saturated carbocycles. The molecule has 1 fully saturated rings. The molecule has 2 atom stereocenters. The number of nitrogens with two attached hydrogens (primary N) is 1. The molecule has 2 bridgehead atoms. The minimum absolute atomic E-state index is 0.0108. The summed E-state index contributed by atoms with van der Waals surface area (Å²) in [7, 11) is 0. The first-order chi connectivity index (χ1) is 14.1. The fourth-order valence-corrected chi connectivity index (χ4v) is 4.47. The Balaban J connectivity index is 1.50. The minimum atomic E-state index is -0.0450. The number of likely N-dealkylation sites (tertiary alicyclic amines) is 1. The van der Waals surface area contributed by atoms with Gasteiger partial charge in [-0.05, 0) is 30.5 Å². The summed E-state index contributed by atoms with van der Waals surface area (Å²) in [5.41, 5.74) is 8.62. The maximum Gasteiger partial charge on any atom is 0.255 e. The van der Waals surface area contributed by atoms with Crippen LogP contribution in [0.5, 0.6) is 0 Å². The van der Waals surface area contributed by atoms with Crippen molar-refractivity contribution in [3.8, 4) is 11.3 Å². The average molecular weight is 388 g/mol. The first-order valence-corrected chi connectivity index (χ1v) is 9.60. The van der Waals surface area contributed by atoms with Crippen LogP contribution in [0.15, 0.2) is 53.8 Å². The van der Waals surface area contributed by atoms with Gasteiger partial charge in [0.15, 0.2) is 0 Å². The molecule has 0 unspecified atom stereocenters. The van der Waals surface area contributed by atoms with Crippen LogP contribution in [-0.4, -0.2) is 43.4 Å². The highest BCUT2D eigenvalue weighted by atomic mass is 16.2. The molecule has 0 aliphatic carbocycles. The number of anilines is 1. The van der Waals surface area contributed by atoms with Gasteiger partial charge in [-0.25, -0.2) is 9.97 Å². The molecule has 8 nitrogen and oxygen atoms in total. The molecule has 0 aromatic carbocycles. The van der Waals surface area contributed by atoms with Crippen molar-refractivity contribution in [3.63, 3.8) is 0 Å². The van der Waals surface area contributed by atoms with E-state index in [1.165, 1.54) is 6.33 Å². The summed E-state index contributed by atoms with van der Waals surface area (Å²) in [5, 5.41) is 0. The highest BCUT2D eigenvalue weighted by Crippen LogP contribution is 2.36. The molecule has 2 N–H and O–H groups in total. The fraction of sp³-hybridized carbons (Fsp3) is 0.286. The highest BCUT2D eigenvalue weighted by molar-refractivity contribution is 5.94. The van der Waals surface area contributed by atoms with Gasteiger partial charge in [0.05, 0.1) is 11.3 Å². The number of aromatic nitrogens is 4. The van der Waals surface area contributed by atoms with Crippen molar-refractivity contribution in [2.75, 3.05) is 18.8 Å². The van der Waals surface area contributed by atoms with Gasteiger partial charge in [-0.15, -0.1) is 0 Å². The number of rotatable bonds is 2. The van der Waals surface area contributed by atoms with Crippen molar-refractivity contribution in [2.24, 2.45) is 5.92 Å². The molecule has 146 valence electrons. The molecule has 29 heavy (non-hydrogen) atoms. The number of nitrogens with zero attached hydrogens (tertiary/aromatic N) is 5. The summed E-state index contributed by atoms with van der Waals surface area (Å²) < 4.78 is 1.85. The lowest BCUT2D eigenvalue weighted by molar-refractivity contribution is 0.0594. The van der Waals surface area contributed by atoms with E-state index in [9.17, 15) is 9.59 Å². The summed E-state index contributed by atoms with van der Waals surface area (Å²) >= 11 is 0. The molecule has 1 saturated heterocycles. The predicted molar refractivity (Wildman–Crippen MR) is 107 cm³/mol. The smallest absolute Gasteiger partial charge is 0.255 e. The Kier molecular flexibility index (Phi) is 4.12. The Bertz CT molecular complexity index is 1140. The number of fused-ring (bicyclic) bond motifs is 4. The van der Waals surface area contributed by atoms with E-state index >= 15 is 0 Å². The van der Waals surface area contributed by atoms with Crippen molar-refractivity contribution < 1.29 is 4.79 Å². The molecular weight excluding hydrogens is 368 g/mol. The van der Waals surface area contributed by atoms with E-state index in [4.69, 9.17) is 5.73 Å². The van der Waals surface area contributed by atoms with Crippen LogP contribution >= 0.6 is 0 Å². The van der Waals surface area contributed by atoms with Crippen molar-refractivity contribution >= 4 is 11.7 Å². The Morgan fingerprint density at radius 2 is 2.03 bits per heavy atom. The maximum atomic E-state index is 12.9. The van der Waals surface area contributed by atoms with Crippen LogP contribution < -0.4 is 11.3 Å². The van der Waals surface area contributed by atoms with Gasteiger partial charge in [0.25, 0.3) is 11.5 Å². The van der Waals surface area contributed by atoms with Gasteiger partial charge in [-0.3, -0.25) is 14.6 Å². The number of carbonyl (C=O) groups excluding carboxylic acids is 1. The van der Waals surface area contributed by atoms with Gasteiger partial charge in [0.1, 0.15) is 12.1 Å². The number of hydrogen-bond acceptors (Lipinski definition) is 6. The van der Waals surface area contributed by atoms with E-state index in [0.29, 0.717) is 36.7 Å². The highest BCUT2D eigenvalue weighted by Gasteiger charge is 2.37. The number of nitrogen functional groups attached to an aromatic ring is 1. The minimum Gasteiger partial charge on any atom is -0.384 e. The van der Waals surface area contributed by atoms with Gasteiger partial charge in [-0.2, -0.15) is 0 Å². The summed E-state index contributed by atoms with van der Waals surface area (Å²) in [6, 6.07) is 8.83. The first kappa shape index (κ1) is 17.5. The lowest BCUT2D eigenvalue weighted by Gasteiger charge is -2.43. The predicted octanol–water partition coefficient (Wildman–Crippen LogP) is 1.54. The second kappa shape index (κ2) is 6.80. The molecule has 5 heterocycles. The lowest BCUT2D eigenvalue weighted by Crippen LogP contribution is -2.49. The summed E-state index contributed by atoms with van der Waals surface area (Å²) in [4.78, 5) is 39.8. The molecule has 3 aromatic heterocycles. The number of pyridine rings is 2. The third kappa shape index (κ3) is 3.16. The first-order valence-electron chi connectivity index (χ1n) is 9.60. The van der Waals surface area contributed by atoms with Gasteiger partial charge >= 0.3 is 0 Å². The largest absolute Gasteiger partial charge is 0.384 e. The standard InChI is InChI=1S/C21H20N6O2/c22-19-7-17(24-12-25-19)15-5-18-16-4-13(10-27(18)20(28)6-15)9-26(11-16)21(29)14-2-1-3-23-8-14/h1-3,5-8,12-13,16H,4,9-11H2,(H2,22,24,25)/t13-,16+/m0/s1. The molecule has 1 amide bonds. The van der Waals surface area contributed by atoms with Crippen molar-refractivity contribution in [2.45, 2.75) is 18.9 Å². The Morgan fingerprint density at radius 1 is 1.14 bits per heavy atom. The Morgan fingerprint density at radius 3 is 2.83 bits per heavy atom. The lowest BCUT2D eigenvalue weighted by atomic mass is 9.82. The van der Waals surface area contributed by atoms with Gasteiger partial charge in [0.2, 0.25) is 0 Å². The van der Waals surface area contributed by atoms with Crippen LogP contribution in [0.1, 0.15) is 28.4 Å². The monoisotopic (exact) mass is 388 g/mol. The topological polar surface area (TPSA) is 107 Å². The zero-order chi connectivity index (χ0) is 20.0. The van der Waals surface area contributed by atoms with E-state index in [1.807, 2.05) is 15.5 Å². The number of hydrogen-bond donors (Lipinski definition) is 1. The van der Waals surface area contributed by atoms with Crippen LogP contribution in [0.2, 0.25) is 0 Å². The zero-order valence-electron chi connectivity index (χ0n) is 15.7. The third-order valence-electron chi connectivity index (χ3n) is 5.74. The molecule has 8 heteroatoms. The summed E-state index contributed by atoms with van der Waals surface area (Å²) in [5.74, 6) is 0.720. The molecule has 0 spiro atoms. The van der Waals surface area contributed by atoms with Gasteiger partial charge in [0, 0.05) is 61.3 Å². The second-order valence-corrected chi connectivity index (χ2v) is 7.70. The summed E-state index contributed by atoms with van der Waals surface area (Å²) in [6.45, 7) is 1.85. The third-order valence-corrected chi connectivity index (χ3v) is 5.74. The SMILES string of the molecule is Nc1cc(-c2cc3n(c(=O)c2)C[C@H]2C[C@@H]3CN(C(=O)c3cccnc3)C2)ncn1. The quantitative estimate of drug-likeness (QED) is 0.714. The normalized spacial score (nSPS) is 20.2. The van der Waals surface area contributed by atoms with Gasteiger partial charge < -0.3 is 15.2 Å². The summed E-state index contributed by atoms with van der Waals surface area (Å²) in [6.07, 6.45) is 5.62. The maximum absolute atomic E-state index is 12.9. The van der Waals surface area contributed by atoms with Crippen molar-refractivity contribution in [1.29, 1.82) is 0 Å². The molecule has 0 radical (unpaired) electrons. The average Bonchev–Trinajstić information content (AvgIpc) is 2.74. The molecule has 2 aliphatic rings. The van der Waals surface area contributed by atoms with Crippen LogP contribution in [0, 0.1) is 5.92 Å². The Hall–Kier alpha value is -3.55. The number of piperidine rings is 1. The van der Waals surface area contributed by atoms with Crippen LogP contribution in [0.25, 0.3) is 11.3 Å². The van der Waals surface area contributed by atoms with Crippen LogP contribution in [0.3, 0.4) is 0 Å². The van der Waals surface area contributed by atoms with E-state index in [0.717, 1.165) is 17.7 Å². The van der Waals surface area contributed by atoms with Crippen molar-refractivity contribution in [1.82, 2.24) is 24.4 Å². The van der Waals surface area contributed by atoms with E-state index < -0.39 is 0 Å². The molecule has 5 rings (SSSR count). The second-order valence-electron chi connectivity index (χ2n) is 7.70. The molecular formula is C21H20N6O2. The fourth-order valence-electron chi connectivity index (χ4n) is 4.47. The van der Waals surface area contributed by atoms with E-state index in [-0.39, 0.29) is 23.3 Å². The van der Waals surface area contributed by atoms with Crippen molar-refractivity contribution in [3.05, 3.63) is 70.7 Å². The molecule has 3 aromatic rings. The van der Waals surface area contributed by atoms with E-state index in [1.54, 1.807) is 36.7 Å².